The van der Waals surface area contributed by atoms with Gasteiger partial charge in [0.2, 0.25) is 5.88 Å². The third-order valence-electron chi connectivity index (χ3n) is 5.57. The van der Waals surface area contributed by atoms with Gasteiger partial charge in [-0.05, 0) is 62.6 Å². The first-order valence-electron chi connectivity index (χ1n) is 9.77. The first-order valence-corrected chi connectivity index (χ1v) is 9.77. The highest BCUT2D eigenvalue weighted by molar-refractivity contribution is 5.78. The van der Waals surface area contributed by atoms with Crippen LogP contribution in [0.25, 0.3) is 16.8 Å². The summed E-state index contributed by atoms with van der Waals surface area (Å²) in [6, 6.07) is 12.5. The molecule has 0 radical (unpaired) electrons. The lowest BCUT2D eigenvalue weighted by Gasteiger charge is -2.15. The average molecular weight is 386 g/mol. The van der Waals surface area contributed by atoms with E-state index in [9.17, 15) is 0 Å². The van der Waals surface area contributed by atoms with Gasteiger partial charge in [0.1, 0.15) is 0 Å². The van der Waals surface area contributed by atoms with Gasteiger partial charge >= 0.3 is 0 Å². The maximum Gasteiger partial charge on any atom is 0.221 e. The van der Waals surface area contributed by atoms with Gasteiger partial charge < -0.3 is 14.5 Å². The molecule has 3 heterocycles. The van der Waals surface area contributed by atoms with Crippen molar-refractivity contribution >= 4 is 11.3 Å². The fraction of sp³-hybridized carbons (Fsp3) is 0.250. The summed E-state index contributed by atoms with van der Waals surface area (Å²) in [5.74, 6) is 0.613. The molecule has 0 atom stereocenters. The molecule has 148 valence electrons. The lowest BCUT2D eigenvalue weighted by Crippen LogP contribution is -2.06. The number of rotatable bonds is 5. The lowest BCUT2D eigenvalue weighted by molar-refractivity contribution is 0.399. The highest BCUT2D eigenvalue weighted by Crippen LogP contribution is 2.32. The summed E-state index contributed by atoms with van der Waals surface area (Å²) in [5, 5.41) is 3.63. The summed E-state index contributed by atoms with van der Waals surface area (Å²) in [4.78, 5) is 9.16. The van der Waals surface area contributed by atoms with Gasteiger partial charge in [-0.2, -0.15) is 0 Å². The van der Waals surface area contributed by atoms with Crippen LogP contribution in [0.15, 0.2) is 48.8 Å². The van der Waals surface area contributed by atoms with Crippen LogP contribution < -0.4 is 10.1 Å². The fourth-order valence-corrected chi connectivity index (χ4v) is 3.73. The number of methoxy groups -OCH3 is 1. The zero-order valence-corrected chi connectivity index (χ0v) is 17.6. The van der Waals surface area contributed by atoms with Crippen molar-refractivity contribution < 1.29 is 4.74 Å². The normalized spacial score (nSPS) is 11.1. The number of nitrogens with one attached hydrogen (secondary N) is 1. The van der Waals surface area contributed by atoms with Crippen LogP contribution in [-0.4, -0.2) is 21.5 Å². The predicted octanol–water partition coefficient (Wildman–Crippen LogP) is 5.25. The van der Waals surface area contributed by atoms with Crippen molar-refractivity contribution in [2.45, 2.75) is 34.2 Å². The number of hydrogen-bond acceptors (Lipinski definition) is 4. The van der Waals surface area contributed by atoms with E-state index < -0.39 is 0 Å². The molecule has 5 nitrogen and oxygen atoms in total. The van der Waals surface area contributed by atoms with Crippen molar-refractivity contribution in [3.63, 3.8) is 0 Å². The second-order valence-corrected chi connectivity index (χ2v) is 7.40. The monoisotopic (exact) mass is 386 g/mol. The molecule has 0 aliphatic carbocycles. The Kier molecular flexibility index (Phi) is 4.97. The van der Waals surface area contributed by atoms with Gasteiger partial charge in [-0.25, -0.2) is 9.97 Å². The van der Waals surface area contributed by atoms with Gasteiger partial charge in [0.25, 0.3) is 0 Å². The van der Waals surface area contributed by atoms with Crippen molar-refractivity contribution in [2.75, 3.05) is 12.4 Å². The maximum absolute atomic E-state index is 5.49. The SMILES string of the molecule is COc1ncccc1-c1cc(NCc2c(C)cccc2C)c2nc(C)c(C)n2c1. The number of pyridine rings is 2. The molecule has 0 fully saturated rings. The molecule has 0 amide bonds. The van der Waals surface area contributed by atoms with Crippen LogP contribution in [0.1, 0.15) is 28.1 Å². The largest absolute Gasteiger partial charge is 0.481 e. The maximum atomic E-state index is 5.49. The summed E-state index contributed by atoms with van der Waals surface area (Å²) in [6.45, 7) is 9.18. The summed E-state index contributed by atoms with van der Waals surface area (Å²) >= 11 is 0. The number of benzene rings is 1. The molecule has 0 spiro atoms. The Bertz CT molecular complexity index is 1170. The molecule has 0 unspecified atom stereocenters. The lowest BCUT2D eigenvalue weighted by atomic mass is 10.0. The van der Waals surface area contributed by atoms with Crippen LogP contribution in [0.3, 0.4) is 0 Å². The van der Waals surface area contributed by atoms with E-state index in [0.29, 0.717) is 5.88 Å². The second-order valence-electron chi connectivity index (χ2n) is 7.40. The topological polar surface area (TPSA) is 51.5 Å². The Labute approximate surface area is 171 Å². The van der Waals surface area contributed by atoms with Gasteiger partial charge in [0, 0.05) is 35.8 Å². The minimum Gasteiger partial charge on any atom is -0.481 e. The van der Waals surface area contributed by atoms with Crippen molar-refractivity contribution in [1.29, 1.82) is 0 Å². The van der Waals surface area contributed by atoms with E-state index >= 15 is 0 Å². The zero-order chi connectivity index (χ0) is 20.5. The fourth-order valence-electron chi connectivity index (χ4n) is 3.73. The van der Waals surface area contributed by atoms with Gasteiger partial charge in [0.05, 0.1) is 18.5 Å². The highest BCUT2D eigenvalue weighted by Gasteiger charge is 2.15. The van der Waals surface area contributed by atoms with Gasteiger partial charge in [-0.1, -0.05) is 18.2 Å². The number of ether oxygens (including phenoxy) is 1. The Morgan fingerprint density at radius 3 is 2.52 bits per heavy atom. The molecule has 3 aromatic heterocycles. The molecule has 0 bridgehead atoms. The molecule has 5 heteroatoms. The van der Waals surface area contributed by atoms with Gasteiger partial charge in [-0.3, -0.25) is 0 Å². The number of nitrogens with zero attached hydrogens (tertiary/aromatic N) is 3. The minimum atomic E-state index is 0.613. The zero-order valence-electron chi connectivity index (χ0n) is 17.6. The van der Waals surface area contributed by atoms with Crippen molar-refractivity contribution in [3.8, 4) is 17.0 Å². The molecule has 29 heavy (non-hydrogen) atoms. The smallest absolute Gasteiger partial charge is 0.221 e. The summed E-state index contributed by atoms with van der Waals surface area (Å²) < 4.78 is 7.63. The molecule has 1 aromatic carbocycles. The van der Waals surface area contributed by atoms with E-state index in [4.69, 9.17) is 9.72 Å². The molecule has 0 saturated heterocycles. The molecular formula is C24H26N4O. The first kappa shape index (κ1) is 19.0. The molecule has 0 saturated carbocycles. The van der Waals surface area contributed by atoms with Gasteiger partial charge in [-0.15, -0.1) is 0 Å². The van der Waals surface area contributed by atoms with Crippen molar-refractivity contribution in [2.24, 2.45) is 0 Å². The molecule has 0 aliphatic rings. The van der Waals surface area contributed by atoms with E-state index in [2.05, 4.69) is 65.9 Å². The molecular weight excluding hydrogens is 360 g/mol. The number of fused-ring (bicyclic) bond motifs is 1. The second kappa shape index (κ2) is 7.59. The van der Waals surface area contributed by atoms with E-state index in [1.807, 2.05) is 19.1 Å². The predicted molar refractivity (Wildman–Crippen MR) is 118 cm³/mol. The minimum absolute atomic E-state index is 0.613. The van der Waals surface area contributed by atoms with Crippen LogP contribution in [0.5, 0.6) is 5.88 Å². The van der Waals surface area contributed by atoms with E-state index in [1.165, 1.54) is 16.7 Å². The van der Waals surface area contributed by atoms with Crippen LogP contribution >= 0.6 is 0 Å². The summed E-state index contributed by atoms with van der Waals surface area (Å²) in [7, 11) is 1.65. The van der Waals surface area contributed by atoms with E-state index in [0.717, 1.165) is 40.4 Å². The molecule has 4 aromatic rings. The standard InChI is InChI=1S/C24H26N4O/c1-15-8-6-9-16(2)21(15)13-26-22-12-19(20-10-7-11-25-24(20)29-5)14-28-18(4)17(3)27-23(22)28/h6-12,14,26H,13H2,1-5H3. The number of aryl methyl sites for hydroxylation is 4. The third-order valence-corrected chi connectivity index (χ3v) is 5.57. The number of hydrogen-bond donors (Lipinski definition) is 1. The van der Waals surface area contributed by atoms with E-state index in [-0.39, 0.29) is 0 Å². The third kappa shape index (κ3) is 3.44. The number of aromatic nitrogens is 3. The van der Waals surface area contributed by atoms with Crippen LogP contribution in [0.4, 0.5) is 5.69 Å². The Morgan fingerprint density at radius 1 is 1.03 bits per heavy atom. The Hall–Kier alpha value is -3.34. The molecule has 1 N–H and O–H groups in total. The Morgan fingerprint density at radius 2 is 1.79 bits per heavy atom. The van der Waals surface area contributed by atoms with Crippen molar-refractivity contribution in [1.82, 2.24) is 14.4 Å². The van der Waals surface area contributed by atoms with Crippen LogP contribution in [0, 0.1) is 27.7 Å². The highest BCUT2D eigenvalue weighted by atomic mass is 16.5. The van der Waals surface area contributed by atoms with Crippen LogP contribution in [-0.2, 0) is 6.54 Å². The number of imidazole rings is 1. The van der Waals surface area contributed by atoms with Crippen LogP contribution in [0.2, 0.25) is 0 Å². The summed E-state index contributed by atoms with van der Waals surface area (Å²) in [6.07, 6.45) is 3.85. The average Bonchev–Trinajstić information content (AvgIpc) is 3.01. The molecule has 4 rings (SSSR count). The quantitative estimate of drug-likeness (QED) is 0.509. The molecule has 0 aliphatic heterocycles. The van der Waals surface area contributed by atoms with E-state index in [1.54, 1.807) is 13.3 Å². The van der Waals surface area contributed by atoms with Crippen molar-refractivity contribution in [3.05, 3.63) is 76.9 Å². The Balaban J connectivity index is 1.83. The first-order chi connectivity index (χ1) is 14.0. The van der Waals surface area contributed by atoms with Gasteiger partial charge in [0.15, 0.2) is 5.65 Å². The number of anilines is 1. The summed E-state index contributed by atoms with van der Waals surface area (Å²) in [5.41, 5.74) is 9.95.